The van der Waals surface area contributed by atoms with Gasteiger partial charge in [0.1, 0.15) is 5.82 Å². The van der Waals surface area contributed by atoms with Crippen molar-refractivity contribution < 1.29 is 27.1 Å². The summed E-state index contributed by atoms with van der Waals surface area (Å²) in [4.78, 5) is 11.8. The van der Waals surface area contributed by atoms with Gasteiger partial charge in [0.2, 0.25) is 0 Å². The molecule has 3 nitrogen and oxygen atoms in total. The standard InChI is InChI=1S/C26H31F4NO2.ClH/c1-5-7-8-9-10-18-12-16(3)11-17(4)24(18)19-13-20(22(31)15-23(32)33-6-2)25(27)21(14-19)26(28,29)30;/h5,11-14,22H,1,6-10,15,31H2,2-4H3;1H/t22-;/m0./s1. The van der Waals surface area contributed by atoms with Crippen molar-refractivity contribution in [3.8, 4) is 11.1 Å². The third-order valence-electron chi connectivity index (χ3n) is 5.45. The number of carbonyl (C=O) groups is 1. The number of benzene rings is 2. The number of nitrogens with two attached hydrogens (primary N) is 1. The Labute approximate surface area is 204 Å². The van der Waals surface area contributed by atoms with E-state index in [1.54, 1.807) is 6.92 Å². The minimum Gasteiger partial charge on any atom is -0.466 e. The zero-order valence-electron chi connectivity index (χ0n) is 19.7. The van der Waals surface area contributed by atoms with Crippen LogP contribution in [-0.2, 0) is 22.1 Å². The van der Waals surface area contributed by atoms with Crippen molar-refractivity contribution in [3.63, 3.8) is 0 Å². The molecule has 0 fully saturated rings. The van der Waals surface area contributed by atoms with Gasteiger partial charge >= 0.3 is 12.1 Å². The van der Waals surface area contributed by atoms with Gasteiger partial charge in [0.25, 0.3) is 0 Å². The smallest absolute Gasteiger partial charge is 0.419 e. The van der Waals surface area contributed by atoms with E-state index in [-0.39, 0.29) is 30.1 Å². The molecular formula is C26H32ClF4NO2. The number of hydrogen-bond donors (Lipinski definition) is 1. The van der Waals surface area contributed by atoms with Crippen molar-refractivity contribution in [2.24, 2.45) is 5.73 Å². The number of aryl methyl sites for hydroxylation is 3. The van der Waals surface area contributed by atoms with Crippen LogP contribution in [-0.4, -0.2) is 12.6 Å². The molecule has 0 unspecified atom stereocenters. The lowest BCUT2D eigenvalue weighted by molar-refractivity contribution is -0.143. The molecule has 0 aliphatic carbocycles. The van der Waals surface area contributed by atoms with Crippen molar-refractivity contribution >= 4 is 18.4 Å². The van der Waals surface area contributed by atoms with Gasteiger partial charge in [0.15, 0.2) is 0 Å². The maximum absolute atomic E-state index is 14.9. The largest absolute Gasteiger partial charge is 0.466 e. The predicted molar refractivity (Wildman–Crippen MR) is 129 cm³/mol. The van der Waals surface area contributed by atoms with Crippen LogP contribution in [0.2, 0.25) is 0 Å². The number of halogens is 5. The minimum absolute atomic E-state index is 0. The van der Waals surface area contributed by atoms with Gasteiger partial charge < -0.3 is 10.5 Å². The summed E-state index contributed by atoms with van der Waals surface area (Å²) < 4.78 is 61.0. The number of rotatable bonds is 10. The maximum Gasteiger partial charge on any atom is 0.419 e. The lowest BCUT2D eigenvalue weighted by Gasteiger charge is -2.21. The molecule has 0 aromatic heterocycles. The van der Waals surface area contributed by atoms with E-state index in [1.165, 1.54) is 6.07 Å². The zero-order chi connectivity index (χ0) is 24.8. The second kappa shape index (κ2) is 12.9. The maximum atomic E-state index is 14.9. The first-order chi connectivity index (χ1) is 15.5. The quantitative estimate of drug-likeness (QED) is 0.160. The molecule has 0 amide bonds. The highest BCUT2D eigenvalue weighted by atomic mass is 35.5. The molecule has 0 aliphatic rings. The SMILES string of the molecule is C=CCCCCc1cc(C)cc(C)c1-c1cc([C@@H](N)CC(=O)OCC)c(F)c(C(F)(F)F)c1.Cl. The van der Waals surface area contributed by atoms with Crippen LogP contribution in [0.4, 0.5) is 17.6 Å². The van der Waals surface area contributed by atoms with Crippen LogP contribution in [0.15, 0.2) is 36.9 Å². The molecule has 0 saturated heterocycles. The van der Waals surface area contributed by atoms with E-state index in [9.17, 15) is 22.4 Å². The summed E-state index contributed by atoms with van der Waals surface area (Å²) in [6.45, 7) is 9.16. The third-order valence-corrected chi connectivity index (χ3v) is 5.45. The Morgan fingerprint density at radius 3 is 2.44 bits per heavy atom. The van der Waals surface area contributed by atoms with Gasteiger partial charge in [-0.05, 0) is 80.8 Å². The summed E-state index contributed by atoms with van der Waals surface area (Å²) in [5.41, 5.74) is 7.77. The monoisotopic (exact) mass is 501 g/mol. The Morgan fingerprint density at radius 1 is 1.18 bits per heavy atom. The van der Waals surface area contributed by atoms with Crippen LogP contribution in [0.3, 0.4) is 0 Å². The molecule has 0 radical (unpaired) electrons. The summed E-state index contributed by atoms with van der Waals surface area (Å²) in [6, 6.07) is 4.73. The highest BCUT2D eigenvalue weighted by Gasteiger charge is 2.37. The van der Waals surface area contributed by atoms with Crippen LogP contribution < -0.4 is 5.73 Å². The molecule has 0 heterocycles. The summed E-state index contributed by atoms with van der Waals surface area (Å²) in [5, 5.41) is 0. The molecule has 0 bridgehead atoms. The van der Waals surface area contributed by atoms with Crippen molar-refractivity contribution in [2.75, 3.05) is 6.61 Å². The number of esters is 1. The average Bonchev–Trinajstić information content (AvgIpc) is 2.70. The number of alkyl halides is 3. The van der Waals surface area contributed by atoms with Crippen molar-refractivity contribution in [2.45, 2.75) is 65.1 Å². The van der Waals surface area contributed by atoms with E-state index < -0.39 is 36.0 Å². The molecule has 0 spiro atoms. The zero-order valence-corrected chi connectivity index (χ0v) is 20.5. The summed E-state index contributed by atoms with van der Waals surface area (Å²) in [6.07, 6.45) is -0.257. The highest BCUT2D eigenvalue weighted by molar-refractivity contribution is 5.85. The van der Waals surface area contributed by atoms with E-state index in [4.69, 9.17) is 10.5 Å². The Hall–Kier alpha value is -2.38. The summed E-state index contributed by atoms with van der Waals surface area (Å²) in [5.74, 6) is -2.15. The molecular weight excluding hydrogens is 470 g/mol. The van der Waals surface area contributed by atoms with Crippen molar-refractivity contribution in [1.82, 2.24) is 0 Å². The van der Waals surface area contributed by atoms with Gasteiger partial charge in [-0.2, -0.15) is 13.2 Å². The van der Waals surface area contributed by atoms with Gasteiger partial charge in [-0.3, -0.25) is 4.79 Å². The van der Waals surface area contributed by atoms with Crippen LogP contribution in [0.1, 0.15) is 66.5 Å². The average molecular weight is 502 g/mol. The Morgan fingerprint density at radius 2 is 1.85 bits per heavy atom. The topological polar surface area (TPSA) is 52.3 Å². The first kappa shape index (κ1) is 29.7. The second-order valence-electron chi connectivity index (χ2n) is 8.19. The fraction of sp³-hybridized carbons (Fsp3) is 0.423. The number of unbranched alkanes of at least 4 members (excludes halogenated alkanes) is 2. The Kier molecular flexibility index (Phi) is 11.3. The minimum atomic E-state index is -4.92. The number of carbonyl (C=O) groups excluding carboxylic acids is 1. The molecule has 34 heavy (non-hydrogen) atoms. The van der Waals surface area contributed by atoms with Crippen LogP contribution in [0.25, 0.3) is 11.1 Å². The van der Waals surface area contributed by atoms with Crippen molar-refractivity contribution in [1.29, 1.82) is 0 Å². The first-order valence-electron chi connectivity index (χ1n) is 11.0. The highest BCUT2D eigenvalue weighted by Crippen LogP contribution is 2.40. The second-order valence-corrected chi connectivity index (χ2v) is 8.19. The van der Waals surface area contributed by atoms with Crippen LogP contribution in [0, 0.1) is 19.7 Å². The predicted octanol–water partition coefficient (Wildman–Crippen LogP) is 7.40. The van der Waals surface area contributed by atoms with Crippen LogP contribution in [0.5, 0.6) is 0 Å². The van der Waals surface area contributed by atoms with Crippen LogP contribution >= 0.6 is 12.4 Å². The lowest BCUT2D eigenvalue weighted by Crippen LogP contribution is -2.21. The molecule has 0 aliphatic heterocycles. The first-order valence-corrected chi connectivity index (χ1v) is 11.0. The van der Waals surface area contributed by atoms with E-state index in [0.717, 1.165) is 42.0 Å². The van der Waals surface area contributed by atoms with E-state index in [1.807, 2.05) is 32.1 Å². The lowest BCUT2D eigenvalue weighted by atomic mass is 9.87. The molecule has 2 aromatic carbocycles. The molecule has 8 heteroatoms. The molecule has 0 saturated carbocycles. The Balaban J connectivity index is 0.00000578. The van der Waals surface area contributed by atoms with Gasteiger partial charge in [-0.15, -0.1) is 19.0 Å². The molecule has 2 rings (SSSR count). The van der Waals surface area contributed by atoms with Gasteiger partial charge in [-0.25, -0.2) is 4.39 Å². The summed E-state index contributed by atoms with van der Waals surface area (Å²) in [7, 11) is 0. The third kappa shape index (κ3) is 7.57. The number of hydrogen-bond acceptors (Lipinski definition) is 3. The fourth-order valence-electron chi connectivity index (χ4n) is 4.05. The number of ether oxygens (including phenoxy) is 1. The van der Waals surface area contributed by atoms with Gasteiger partial charge in [0, 0.05) is 11.6 Å². The Bertz CT molecular complexity index is 1010. The number of allylic oxidation sites excluding steroid dienone is 1. The van der Waals surface area contributed by atoms with E-state index in [2.05, 4.69) is 6.58 Å². The normalized spacial score (nSPS) is 12.1. The molecule has 1 atom stereocenters. The molecule has 188 valence electrons. The molecule has 2 aromatic rings. The summed E-state index contributed by atoms with van der Waals surface area (Å²) >= 11 is 0. The fourth-order valence-corrected chi connectivity index (χ4v) is 4.05. The molecule has 2 N–H and O–H groups in total. The van der Waals surface area contributed by atoms with Gasteiger partial charge in [0.05, 0.1) is 18.6 Å². The van der Waals surface area contributed by atoms with E-state index >= 15 is 0 Å². The van der Waals surface area contributed by atoms with Gasteiger partial charge in [-0.1, -0.05) is 23.8 Å². The van der Waals surface area contributed by atoms with E-state index in [0.29, 0.717) is 12.0 Å². The van der Waals surface area contributed by atoms with Crippen molar-refractivity contribution in [3.05, 3.63) is 70.6 Å².